The van der Waals surface area contributed by atoms with Crippen molar-refractivity contribution in [3.05, 3.63) is 64.1 Å². The van der Waals surface area contributed by atoms with E-state index >= 15 is 0 Å². The zero-order valence-corrected chi connectivity index (χ0v) is 12.8. The largest absolute Gasteiger partial charge is 0.483 e. The van der Waals surface area contributed by atoms with E-state index in [1.807, 2.05) is 55.5 Å². The Balaban J connectivity index is 1.80. The molecule has 0 bridgehead atoms. The molecule has 104 valence electrons. The molecule has 20 heavy (non-hydrogen) atoms. The number of amides is 1. The second-order valence-corrected chi connectivity index (χ2v) is 5.34. The number of benzene rings is 2. The van der Waals surface area contributed by atoms with Gasteiger partial charge in [0.2, 0.25) is 0 Å². The van der Waals surface area contributed by atoms with Crippen molar-refractivity contribution in [3.63, 3.8) is 0 Å². The Morgan fingerprint density at radius 1 is 1.20 bits per heavy atom. The van der Waals surface area contributed by atoms with Crippen LogP contribution in [0.1, 0.15) is 11.1 Å². The highest BCUT2D eigenvalue weighted by Crippen LogP contribution is 2.25. The molecule has 0 aliphatic heterocycles. The van der Waals surface area contributed by atoms with Crippen molar-refractivity contribution in [2.75, 3.05) is 6.61 Å². The molecular weight excluding hydrogens is 318 g/mol. The van der Waals surface area contributed by atoms with Crippen molar-refractivity contribution in [3.8, 4) is 5.75 Å². The average molecular weight is 334 g/mol. The maximum absolute atomic E-state index is 11.7. The fourth-order valence-electron chi connectivity index (χ4n) is 1.71. The highest BCUT2D eigenvalue weighted by Gasteiger charge is 2.05. The summed E-state index contributed by atoms with van der Waals surface area (Å²) in [5.74, 6) is 0.534. The Labute approximate surface area is 127 Å². The number of halogens is 1. The van der Waals surface area contributed by atoms with Gasteiger partial charge in [-0.3, -0.25) is 4.79 Å². The van der Waals surface area contributed by atoms with Gasteiger partial charge in [0, 0.05) is 6.54 Å². The molecule has 0 heterocycles. The quantitative estimate of drug-likeness (QED) is 0.910. The lowest BCUT2D eigenvalue weighted by molar-refractivity contribution is -0.123. The normalized spacial score (nSPS) is 10.1. The summed E-state index contributed by atoms with van der Waals surface area (Å²) in [5.41, 5.74) is 2.20. The van der Waals surface area contributed by atoms with Crippen LogP contribution in [0.2, 0.25) is 0 Å². The second-order valence-electron chi connectivity index (χ2n) is 4.48. The van der Waals surface area contributed by atoms with Crippen LogP contribution in [0.3, 0.4) is 0 Å². The van der Waals surface area contributed by atoms with Crippen molar-refractivity contribution < 1.29 is 9.53 Å². The molecule has 0 saturated carbocycles. The first-order valence-electron chi connectivity index (χ1n) is 6.35. The van der Waals surface area contributed by atoms with E-state index < -0.39 is 0 Å². The summed E-state index contributed by atoms with van der Waals surface area (Å²) in [5, 5.41) is 2.82. The minimum absolute atomic E-state index is 0.00843. The van der Waals surface area contributed by atoms with E-state index in [1.54, 1.807) is 0 Å². The minimum Gasteiger partial charge on any atom is -0.483 e. The van der Waals surface area contributed by atoms with E-state index in [2.05, 4.69) is 21.2 Å². The summed E-state index contributed by atoms with van der Waals surface area (Å²) < 4.78 is 6.34. The number of carbonyl (C=O) groups is 1. The smallest absolute Gasteiger partial charge is 0.258 e. The molecule has 2 aromatic carbocycles. The summed E-state index contributed by atoms with van der Waals surface area (Å²) in [6.45, 7) is 2.52. The molecule has 3 nitrogen and oxygen atoms in total. The molecule has 4 heteroatoms. The molecule has 1 amide bonds. The van der Waals surface area contributed by atoms with Gasteiger partial charge in [-0.2, -0.15) is 0 Å². The van der Waals surface area contributed by atoms with Crippen LogP contribution < -0.4 is 10.1 Å². The molecule has 0 atom stereocenters. The number of nitrogens with one attached hydrogen (secondary N) is 1. The van der Waals surface area contributed by atoms with Crippen molar-refractivity contribution in [1.29, 1.82) is 0 Å². The van der Waals surface area contributed by atoms with Crippen molar-refractivity contribution >= 4 is 21.8 Å². The third kappa shape index (κ3) is 4.38. The highest BCUT2D eigenvalue weighted by molar-refractivity contribution is 9.10. The molecule has 0 aromatic heterocycles. The first kappa shape index (κ1) is 14.6. The number of hydrogen-bond donors (Lipinski definition) is 1. The van der Waals surface area contributed by atoms with Gasteiger partial charge in [0.1, 0.15) is 5.75 Å². The maximum Gasteiger partial charge on any atom is 0.258 e. The lowest BCUT2D eigenvalue weighted by Crippen LogP contribution is -2.28. The second kappa shape index (κ2) is 7.10. The van der Waals surface area contributed by atoms with Crippen LogP contribution in [0.25, 0.3) is 0 Å². The molecule has 0 radical (unpaired) electrons. The van der Waals surface area contributed by atoms with Crippen LogP contribution in [0, 0.1) is 6.92 Å². The lowest BCUT2D eigenvalue weighted by Gasteiger charge is -2.09. The summed E-state index contributed by atoms with van der Waals surface area (Å²) >= 11 is 3.42. The predicted molar refractivity (Wildman–Crippen MR) is 82.7 cm³/mol. The molecule has 0 spiro atoms. The number of rotatable bonds is 5. The summed E-state index contributed by atoms with van der Waals surface area (Å²) in [4.78, 5) is 11.7. The highest BCUT2D eigenvalue weighted by atomic mass is 79.9. The van der Waals surface area contributed by atoms with Crippen LogP contribution in [-0.2, 0) is 11.3 Å². The van der Waals surface area contributed by atoms with Gasteiger partial charge in [0.15, 0.2) is 6.61 Å². The Kier molecular flexibility index (Phi) is 5.18. The van der Waals surface area contributed by atoms with Crippen LogP contribution in [-0.4, -0.2) is 12.5 Å². The van der Waals surface area contributed by atoms with Crippen LogP contribution in [0.4, 0.5) is 0 Å². The summed E-state index contributed by atoms with van der Waals surface area (Å²) in [7, 11) is 0. The Bertz CT molecular complexity index is 584. The van der Waals surface area contributed by atoms with Crippen molar-refractivity contribution in [2.45, 2.75) is 13.5 Å². The molecule has 0 fully saturated rings. The van der Waals surface area contributed by atoms with Gasteiger partial charge in [0.05, 0.1) is 4.47 Å². The van der Waals surface area contributed by atoms with E-state index in [0.717, 1.165) is 15.6 Å². The predicted octanol–water partition coefficient (Wildman–Crippen LogP) is 3.45. The van der Waals surface area contributed by atoms with E-state index in [-0.39, 0.29) is 12.5 Å². The molecule has 0 saturated heterocycles. The van der Waals surface area contributed by atoms with Crippen LogP contribution in [0.5, 0.6) is 5.75 Å². The first-order valence-corrected chi connectivity index (χ1v) is 7.14. The molecular formula is C16H16BrNO2. The van der Waals surface area contributed by atoms with E-state index in [4.69, 9.17) is 4.74 Å². The van der Waals surface area contributed by atoms with Gasteiger partial charge in [0.25, 0.3) is 5.91 Å². The third-order valence-corrected chi connectivity index (χ3v) is 3.40. The average Bonchev–Trinajstić information content (AvgIpc) is 2.45. The van der Waals surface area contributed by atoms with Gasteiger partial charge >= 0.3 is 0 Å². The molecule has 0 aliphatic rings. The SMILES string of the molecule is Cc1ccc(OCC(=O)NCc2ccccc2)c(Br)c1. The Morgan fingerprint density at radius 3 is 2.65 bits per heavy atom. The summed E-state index contributed by atoms with van der Waals surface area (Å²) in [6, 6.07) is 15.5. The zero-order chi connectivity index (χ0) is 14.4. The first-order chi connectivity index (χ1) is 9.65. The number of aryl methyl sites for hydroxylation is 1. The topological polar surface area (TPSA) is 38.3 Å². The Morgan fingerprint density at radius 2 is 1.95 bits per heavy atom. The van der Waals surface area contributed by atoms with Gasteiger partial charge in [-0.05, 0) is 46.1 Å². The van der Waals surface area contributed by atoms with Crippen molar-refractivity contribution in [1.82, 2.24) is 5.32 Å². The zero-order valence-electron chi connectivity index (χ0n) is 11.2. The van der Waals surface area contributed by atoms with Gasteiger partial charge < -0.3 is 10.1 Å². The van der Waals surface area contributed by atoms with E-state index in [0.29, 0.717) is 12.3 Å². The third-order valence-electron chi connectivity index (χ3n) is 2.78. The molecule has 2 aromatic rings. The van der Waals surface area contributed by atoms with E-state index in [9.17, 15) is 4.79 Å². The standard InChI is InChI=1S/C16H16BrNO2/c1-12-7-8-15(14(17)9-12)20-11-16(19)18-10-13-5-3-2-4-6-13/h2-9H,10-11H2,1H3,(H,18,19). The number of hydrogen-bond acceptors (Lipinski definition) is 2. The summed E-state index contributed by atoms with van der Waals surface area (Å²) in [6.07, 6.45) is 0. The fourth-order valence-corrected chi connectivity index (χ4v) is 2.32. The number of ether oxygens (including phenoxy) is 1. The van der Waals surface area contributed by atoms with Crippen LogP contribution in [0.15, 0.2) is 53.0 Å². The van der Waals surface area contributed by atoms with Crippen molar-refractivity contribution in [2.24, 2.45) is 0 Å². The molecule has 1 N–H and O–H groups in total. The number of carbonyl (C=O) groups excluding carboxylic acids is 1. The van der Waals surface area contributed by atoms with Crippen LogP contribution >= 0.6 is 15.9 Å². The van der Waals surface area contributed by atoms with Gasteiger partial charge in [-0.15, -0.1) is 0 Å². The molecule has 0 unspecified atom stereocenters. The monoisotopic (exact) mass is 333 g/mol. The van der Waals surface area contributed by atoms with Gasteiger partial charge in [-0.1, -0.05) is 36.4 Å². The Hall–Kier alpha value is -1.81. The molecule has 2 rings (SSSR count). The lowest BCUT2D eigenvalue weighted by atomic mass is 10.2. The fraction of sp³-hybridized carbons (Fsp3) is 0.188. The minimum atomic E-state index is -0.138. The van der Waals surface area contributed by atoms with E-state index in [1.165, 1.54) is 0 Å². The van der Waals surface area contributed by atoms with Gasteiger partial charge in [-0.25, -0.2) is 0 Å². The molecule has 0 aliphatic carbocycles. The maximum atomic E-state index is 11.7.